The Morgan fingerprint density at radius 2 is 1.48 bits per heavy atom. The van der Waals surface area contributed by atoms with Gasteiger partial charge in [-0.3, -0.25) is 0 Å². The predicted octanol–water partition coefficient (Wildman–Crippen LogP) is 7.23. The molecule has 33 heavy (non-hydrogen) atoms. The minimum absolute atomic E-state index is 0.336. The van der Waals surface area contributed by atoms with Crippen molar-refractivity contribution in [2.24, 2.45) is 0 Å². The summed E-state index contributed by atoms with van der Waals surface area (Å²) < 4.78 is 0. The first-order valence-electron chi connectivity index (χ1n) is 11.0. The molecule has 0 aliphatic rings. The molecule has 0 radical (unpaired) electrons. The summed E-state index contributed by atoms with van der Waals surface area (Å²) in [6.07, 6.45) is 3.30. The first kappa shape index (κ1) is 22.5. The van der Waals surface area contributed by atoms with Gasteiger partial charge in [-0.2, -0.15) is 0 Å². The van der Waals surface area contributed by atoms with Crippen molar-refractivity contribution in [1.82, 2.24) is 9.97 Å². The average Bonchev–Trinajstić information content (AvgIpc) is 2.85. The van der Waals surface area contributed by atoms with Crippen molar-refractivity contribution in [3.63, 3.8) is 0 Å². The first-order valence-corrected chi connectivity index (χ1v) is 11.3. The van der Waals surface area contributed by atoms with Crippen LogP contribution in [0.5, 0.6) is 0 Å². The van der Waals surface area contributed by atoms with Gasteiger partial charge >= 0.3 is 6.03 Å². The molecule has 0 unspecified atom stereocenters. The fourth-order valence-electron chi connectivity index (χ4n) is 3.70. The van der Waals surface area contributed by atoms with E-state index < -0.39 is 0 Å². The molecule has 2 amide bonds. The second-order valence-electron chi connectivity index (χ2n) is 7.57. The quantitative estimate of drug-likeness (QED) is 0.321. The molecule has 0 spiro atoms. The van der Waals surface area contributed by atoms with Gasteiger partial charge in [0.2, 0.25) is 0 Å². The molecule has 0 bridgehead atoms. The summed E-state index contributed by atoms with van der Waals surface area (Å²) in [7, 11) is 0. The van der Waals surface area contributed by atoms with Crippen molar-refractivity contribution in [3.05, 3.63) is 95.1 Å². The zero-order valence-corrected chi connectivity index (χ0v) is 19.4. The number of rotatable bonds is 6. The van der Waals surface area contributed by atoms with Crippen LogP contribution in [-0.2, 0) is 12.8 Å². The van der Waals surface area contributed by atoms with Crippen molar-refractivity contribution < 1.29 is 4.79 Å². The number of nitrogens with one attached hydrogen (secondary N) is 2. The third-order valence-electron chi connectivity index (χ3n) is 5.42. The summed E-state index contributed by atoms with van der Waals surface area (Å²) in [6.45, 7) is 4.15. The molecular weight excluding hydrogens is 432 g/mol. The molecule has 1 heterocycles. The van der Waals surface area contributed by atoms with Crippen molar-refractivity contribution in [3.8, 4) is 22.6 Å². The van der Waals surface area contributed by atoms with Crippen molar-refractivity contribution in [2.45, 2.75) is 26.7 Å². The van der Waals surface area contributed by atoms with Crippen molar-refractivity contribution >= 4 is 29.0 Å². The van der Waals surface area contributed by atoms with E-state index in [-0.39, 0.29) is 6.03 Å². The maximum atomic E-state index is 13.0. The van der Waals surface area contributed by atoms with Crippen LogP contribution in [0.4, 0.5) is 16.2 Å². The maximum absolute atomic E-state index is 13.0. The highest BCUT2D eigenvalue weighted by molar-refractivity contribution is 6.30. The molecule has 5 nitrogen and oxygen atoms in total. The smallest absolute Gasteiger partial charge is 0.307 e. The monoisotopic (exact) mass is 456 g/mol. The molecule has 2 N–H and O–H groups in total. The minimum atomic E-state index is -0.336. The maximum Gasteiger partial charge on any atom is 0.323 e. The normalized spacial score (nSPS) is 10.6. The highest BCUT2D eigenvalue weighted by atomic mass is 35.5. The van der Waals surface area contributed by atoms with E-state index >= 15 is 0 Å². The van der Waals surface area contributed by atoms with Gasteiger partial charge in [0, 0.05) is 21.8 Å². The topological polar surface area (TPSA) is 66.9 Å². The molecule has 6 heteroatoms. The Balaban J connectivity index is 1.69. The minimum Gasteiger partial charge on any atom is -0.307 e. The number of hydrogen-bond acceptors (Lipinski definition) is 3. The van der Waals surface area contributed by atoms with Crippen LogP contribution in [0.25, 0.3) is 22.6 Å². The zero-order valence-electron chi connectivity index (χ0n) is 18.6. The number of para-hydroxylation sites is 1. The van der Waals surface area contributed by atoms with Crippen LogP contribution in [0.2, 0.25) is 5.02 Å². The predicted molar refractivity (Wildman–Crippen MR) is 136 cm³/mol. The lowest BCUT2D eigenvalue weighted by Gasteiger charge is -2.16. The summed E-state index contributed by atoms with van der Waals surface area (Å²) in [4.78, 5) is 22.3. The van der Waals surface area contributed by atoms with E-state index in [1.165, 1.54) is 0 Å². The van der Waals surface area contributed by atoms with Gasteiger partial charge in [0.15, 0.2) is 5.82 Å². The third kappa shape index (κ3) is 5.21. The molecule has 166 valence electrons. The molecular formula is C27H25ClN4O. The van der Waals surface area contributed by atoms with Gasteiger partial charge < -0.3 is 10.6 Å². The van der Waals surface area contributed by atoms with Gasteiger partial charge in [-0.25, -0.2) is 14.8 Å². The lowest BCUT2D eigenvalue weighted by atomic mass is 10.0. The van der Waals surface area contributed by atoms with E-state index in [2.05, 4.69) is 29.5 Å². The molecule has 0 atom stereocenters. The number of anilines is 2. The molecule has 0 aliphatic heterocycles. The van der Waals surface area contributed by atoms with Crippen LogP contribution in [0.1, 0.15) is 25.0 Å². The lowest BCUT2D eigenvalue weighted by Crippen LogP contribution is -2.22. The summed E-state index contributed by atoms with van der Waals surface area (Å²) in [6, 6.07) is 22.9. The van der Waals surface area contributed by atoms with Crippen LogP contribution >= 0.6 is 11.6 Å². The Hall–Kier alpha value is -3.70. The van der Waals surface area contributed by atoms with Crippen LogP contribution in [-0.4, -0.2) is 16.0 Å². The SMILES string of the molecule is CCc1cccc(CC)c1NC(=O)Nc1cnc(-c2ccccc2)nc1-c1ccc(Cl)cc1. The number of benzene rings is 3. The van der Waals surface area contributed by atoms with Gasteiger partial charge in [-0.15, -0.1) is 0 Å². The van der Waals surface area contributed by atoms with Gasteiger partial charge in [-0.1, -0.05) is 86.1 Å². The van der Waals surface area contributed by atoms with E-state index in [0.29, 0.717) is 22.2 Å². The highest BCUT2D eigenvalue weighted by Gasteiger charge is 2.15. The molecule has 1 aromatic heterocycles. The standard InChI is InChI=1S/C27H25ClN4O/c1-3-18-11-8-12-19(4-2)24(18)32-27(33)30-23-17-29-26(21-9-6-5-7-10-21)31-25(23)20-13-15-22(28)16-14-20/h5-17H,3-4H2,1-2H3,(H2,30,32,33). The van der Waals surface area contributed by atoms with Crippen molar-refractivity contribution in [2.75, 3.05) is 10.6 Å². The lowest BCUT2D eigenvalue weighted by molar-refractivity contribution is 0.262. The Morgan fingerprint density at radius 1 is 0.818 bits per heavy atom. The largest absolute Gasteiger partial charge is 0.323 e. The van der Waals surface area contributed by atoms with Gasteiger partial charge in [-0.05, 0) is 36.1 Å². The molecule has 0 fully saturated rings. The number of amides is 2. The zero-order chi connectivity index (χ0) is 23.2. The molecule has 0 saturated carbocycles. The molecule has 3 aromatic carbocycles. The number of hydrogen-bond donors (Lipinski definition) is 2. The van der Waals surface area contributed by atoms with Gasteiger partial charge in [0.05, 0.1) is 17.6 Å². The van der Waals surface area contributed by atoms with Crippen LogP contribution in [0.3, 0.4) is 0 Å². The van der Waals surface area contributed by atoms with E-state index in [1.54, 1.807) is 18.3 Å². The molecule has 4 aromatic rings. The average molecular weight is 457 g/mol. The van der Waals surface area contributed by atoms with E-state index in [1.807, 2.05) is 60.7 Å². The Kier molecular flexibility index (Phi) is 7.01. The van der Waals surface area contributed by atoms with Crippen LogP contribution in [0.15, 0.2) is 79.0 Å². The second kappa shape index (κ2) is 10.3. The number of carbonyl (C=O) groups is 1. The van der Waals surface area contributed by atoms with Gasteiger partial charge in [0.25, 0.3) is 0 Å². The van der Waals surface area contributed by atoms with Crippen LogP contribution in [0, 0.1) is 0 Å². The number of halogens is 1. The summed E-state index contributed by atoms with van der Waals surface area (Å²) in [5.74, 6) is 0.580. The number of carbonyl (C=O) groups excluding carboxylic acids is 1. The summed E-state index contributed by atoms with van der Waals surface area (Å²) in [5.41, 5.74) is 5.91. The fourth-order valence-corrected chi connectivity index (χ4v) is 3.82. The summed E-state index contributed by atoms with van der Waals surface area (Å²) in [5, 5.41) is 6.61. The fraction of sp³-hybridized carbons (Fsp3) is 0.148. The Morgan fingerprint density at radius 3 is 2.12 bits per heavy atom. The number of nitrogens with zero attached hydrogens (tertiary/aromatic N) is 2. The molecule has 4 rings (SSSR count). The Labute approximate surface area is 198 Å². The number of aryl methyl sites for hydroxylation is 2. The number of urea groups is 1. The summed E-state index contributed by atoms with van der Waals surface area (Å²) >= 11 is 6.09. The van der Waals surface area contributed by atoms with Gasteiger partial charge in [0.1, 0.15) is 0 Å². The highest BCUT2D eigenvalue weighted by Crippen LogP contribution is 2.30. The Bertz CT molecular complexity index is 1230. The molecule has 0 aliphatic carbocycles. The van der Waals surface area contributed by atoms with Crippen LogP contribution < -0.4 is 10.6 Å². The molecule has 0 saturated heterocycles. The second-order valence-corrected chi connectivity index (χ2v) is 8.00. The van der Waals surface area contributed by atoms with Crippen molar-refractivity contribution in [1.29, 1.82) is 0 Å². The first-order chi connectivity index (χ1) is 16.1. The van der Waals surface area contributed by atoms with E-state index in [4.69, 9.17) is 16.6 Å². The third-order valence-corrected chi connectivity index (χ3v) is 5.68. The number of aromatic nitrogens is 2. The van der Waals surface area contributed by atoms with E-state index in [9.17, 15) is 4.79 Å². The van der Waals surface area contributed by atoms with E-state index in [0.717, 1.165) is 40.8 Å².